The molecule has 0 unspecified atom stereocenters. The molecule has 2 aromatic rings. The van der Waals surface area contributed by atoms with Crippen LogP contribution in [-0.2, 0) is 0 Å². The quantitative estimate of drug-likeness (QED) is 0.747. The van der Waals surface area contributed by atoms with Crippen molar-refractivity contribution in [3.05, 3.63) is 53.1 Å². The number of aromatic nitrogens is 1. The van der Waals surface area contributed by atoms with Crippen LogP contribution >= 0.6 is 11.6 Å². The van der Waals surface area contributed by atoms with E-state index in [9.17, 15) is 9.18 Å². The molecule has 1 aromatic heterocycles. The van der Waals surface area contributed by atoms with E-state index in [-0.39, 0.29) is 5.56 Å². The number of carbonyl (C=O) groups excluding carboxylic acids is 1. The second-order valence-corrected chi connectivity index (χ2v) is 3.64. The molecule has 0 spiro atoms. The lowest BCUT2D eigenvalue weighted by Crippen LogP contribution is -1.91. The van der Waals surface area contributed by atoms with Gasteiger partial charge in [0.15, 0.2) is 6.29 Å². The fourth-order valence-electron chi connectivity index (χ4n) is 1.44. The molecule has 2 nitrogen and oxygen atoms in total. The van der Waals surface area contributed by atoms with E-state index in [1.54, 1.807) is 0 Å². The van der Waals surface area contributed by atoms with Gasteiger partial charge in [-0.2, -0.15) is 0 Å². The van der Waals surface area contributed by atoms with E-state index < -0.39 is 5.82 Å². The maximum absolute atomic E-state index is 13.6. The van der Waals surface area contributed by atoms with Gasteiger partial charge >= 0.3 is 0 Å². The first-order valence-corrected chi connectivity index (χ1v) is 4.95. The average Bonchev–Trinajstić information content (AvgIpc) is 2.32. The first-order chi connectivity index (χ1) is 7.72. The van der Waals surface area contributed by atoms with Crippen molar-refractivity contribution >= 4 is 17.9 Å². The fraction of sp³-hybridized carbons (Fsp3) is 0. The first kappa shape index (κ1) is 10.8. The molecule has 80 valence electrons. The zero-order valence-electron chi connectivity index (χ0n) is 8.15. The highest BCUT2D eigenvalue weighted by atomic mass is 35.5. The van der Waals surface area contributed by atoms with Crippen LogP contribution in [0.25, 0.3) is 11.1 Å². The molecule has 1 heterocycles. The predicted molar refractivity (Wildman–Crippen MR) is 60.0 cm³/mol. The van der Waals surface area contributed by atoms with Gasteiger partial charge in [0.2, 0.25) is 0 Å². The Balaban J connectivity index is 2.66. The molecule has 0 atom stereocenters. The monoisotopic (exact) mass is 235 g/mol. The molecule has 1 aromatic carbocycles. The molecule has 0 amide bonds. The summed E-state index contributed by atoms with van der Waals surface area (Å²) in [4.78, 5) is 14.7. The highest BCUT2D eigenvalue weighted by Gasteiger charge is 2.09. The van der Waals surface area contributed by atoms with Crippen LogP contribution in [0.4, 0.5) is 4.39 Å². The molecular formula is C12H7ClFNO. The van der Waals surface area contributed by atoms with Gasteiger partial charge in [-0.05, 0) is 24.3 Å². The first-order valence-electron chi connectivity index (χ1n) is 4.57. The molecule has 0 N–H and O–H groups in total. The minimum Gasteiger partial charge on any atom is -0.298 e. The van der Waals surface area contributed by atoms with Crippen molar-refractivity contribution in [3.63, 3.8) is 0 Å². The van der Waals surface area contributed by atoms with E-state index in [1.165, 1.54) is 36.7 Å². The lowest BCUT2D eigenvalue weighted by Gasteiger charge is -2.05. The topological polar surface area (TPSA) is 30.0 Å². The van der Waals surface area contributed by atoms with Crippen molar-refractivity contribution in [2.75, 3.05) is 0 Å². The second-order valence-electron chi connectivity index (χ2n) is 3.20. The van der Waals surface area contributed by atoms with Crippen LogP contribution in [0.5, 0.6) is 0 Å². The van der Waals surface area contributed by atoms with Crippen molar-refractivity contribution < 1.29 is 9.18 Å². The maximum Gasteiger partial charge on any atom is 0.150 e. The van der Waals surface area contributed by atoms with E-state index in [4.69, 9.17) is 11.6 Å². The lowest BCUT2D eigenvalue weighted by molar-refractivity contribution is 0.112. The molecule has 0 saturated carbocycles. The summed E-state index contributed by atoms with van der Waals surface area (Å²) in [6.07, 6.45) is 3.59. The van der Waals surface area contributed by atoms with Crippen LogP contribution in [-0.4, -0.2) is 11.3 Å². The summed E-state index contributed by atoms with van der Waals surface area (Å²) in [6, 6.07) is 5.72. The summed E-state index contributed by atoms with van der Waals surface area (Å²) < 4.78 is 13.6. The summed E-state index contributed by atoms with van der Waals surface area (Å²) >= 11 is 5.79. The lowest BCUT2D eigenvalue weighted by atomic mass is 10.0. The minimum atomic E-state index is -0.430. The number of hydrogen-bond donors (Lipinski definition) is 0. The zero-order chi connectivity index (χ0) is 11.5. The molecular weight excluding hydrogens is 229 g/mol. The van der Waals surface area contributed by atoms with Gasteiger partial charge in [0.25, 0.3) is 0 Å². The molecule has 4 heteroatoms. The number of pyridine rings is 1. The molecule has 2 rings (SSSR count). The van der Waals surface area contributed by atoms with Crippen LogP contribution in [0.1, 0.15) is 10.4 Å². The Kier molecular flexibility index (Phi) is 2.97. The molecule has 0 radical (unpaired) electrons. The number of halogens is 2. The van der Waals surface area contributed by atoms with Gasteiger partial charge in [0, 0.05) is 34.1 Å². The average molecular weight is 236 g/mol. The van der Waals surface area contributed by atoms with Crippen LogP contribution in [0.3, 0.4) is 0 Å². The SMILES string of the molecule is O=Cc1ccncc1-c1cc(Cl)ccc1F. The van der Waals surface area contributed by atoms with E-state index in [0.29, 0.717) is 22.4 Å². The molecule has 0 aliphatic carbocycles. The van der Waals surface area contributed by atoms with E-state index in [0.717, 1.165) is 0 Å². The molecule has 0 aliphatic rings. The van der Waals surface area contributed by atoms with Crippen molar-refractivity contribution in [2.45, 2.75) is 0 Å². The highest BCUT2D eigenvalue weighted by Crippen LogP contribution is 2.27. The summed E-state index contributed by atoms with van der Waals surface area (Å²) in [6.45, 7) is 0. The Labute approximate surface area is 96.7 Å². The number of benzene rings is 1. The van der Waals surface area contributed by atoms with Crippen molar-refractivity contribution in [1.29, 1.82) is 0 Å². The third kappa shape index (κ3) is 1.95. The standard InChI is InChI=1S/C12H7ClFNO/c13-9-1-2-12(14)10(5-9)11-6-15-4-3-8(11)7-16/h1-7H. The minimum absolute atomic E-state index is 0.280. The van der Waals surface area contributed by atoms with E-state index in [1.807, 2.05) is 0 Å². The van der Waals surface area contributed by atoms with Gasteiger partial charge in [-0.25, -0.2) is 4.39 Å². The molecule has 0 saturated heterocycles. The summed E-state index contributed by atoms with van der Waals surface area (Å²) in [5, 5.41) is 0.414. The number of nitrogens with zero attached hydrogens (tertiary/aromatic N) is 1. The van der Waals surface area contributed by atoms with E-state index >= 15 is 0 Å². The Hall–Kier alpha value is -1.74. The number of aldehydes is 1. The summed E-state index contributed by atoms with van der Waals surface area (Å²) in [5.74, 6) is -0.430. The fourth-order valence-corrected chi connectivity index (χ4v) is 1.61. The number of hydrogen-bond acceptors (Lipinski definition) is 2. The van der Waals surface area contributed by atoms with Crippen LogP contribution in [0.15, 0.2) is 36.7 Å². The molecule has 0 fully saturated rings. The maximum atomic E-state index is 13.6. The molecule has 0 aliphatic heterocycles. The highest BCUT2D eigenvalue weighted by molar-refractivity contribution is 6.30. The van der Waals surface area contributed by atoms with Gasteiger partial charge in [0.1, 0.15) is 5.82 Å². The normalized spacial score (nSPS) is 10.1. The Morgan fingerprint density at radius 2 is 2.06 bits per heavy atom. The van der Waals surface area contributed by atoms with Crippen molar-refractivity contribution in [3.8, 4) is 11.1 Å². The van der Waals surface area contributed by atoms with E-state index in [2.05, 4.69) is 4.98 Å². The van der Waals surface area contributed by atoms with Crippen molar-refractivity contribution in [1.82, 2.24) is 4.98 Å². The summed E-state index contributed by atoms with van der Waals surface area (Å²) in [5.41, 5.74) is 1.11. The van der Waals surface area contributed by atoms with Crippen LogP contribution < -0.4 is 0 Å². The Bertz CT molecular complexity index is 542. The summed E-state index contributed by atoms with van der Waals surface area (Å²) in [7, 11) is 0. The van der Waals surface area contributed by atoms with Gasteiger partial charge in [-0.3, -0.25) is 9.78 Å². The predicted octanol–water partition coefficient (Wildman–Crippen LogP) is 3.35. The van der Waals surface area contributed by atoms with Crippen LogP contribution in [0, 0.1) is 5.82 Å². The smallest absolute Gasteiger partial charge is 0.150 e. The third-order valence-electron chi connectivity index (χ3n) is 2.20. The van der Waals surface area contributed by atoms with Gasteiger partial charge in [-0.1, -0.05) is 11.6 Å². The Morgan fingerprint density at radius 3 is 2.81 bits per heavy atom. The van der Waals surface area contributed by atoms with Crippen LogP contribution in [0.2, 0.25) is 5.02 Å². The number of rotatable bonds is 2. The number of carbonyl (C=O) groups is 1. The molecule has 0 bridgehead atoms. The third-order valence-corrected chi connectivity index (χ3v) is 2.44. The van der Waals surface area contributed by atoms with Gasteiger partial charge < -0.3 is 0 Å². The largest absolute Gasteiger partial charge is 0.298 e. The van der Waals surface area contributed by atoms with Gasteiger partial charge in [0.05, 0.1) is 0 Å². The second kappa shape index (κ2) is 4.41. The van der Waals surface area contributed by atoms with Gasteiger partial charge in [-0.15, -0.1) is 0 Å². The van der Waals surface area contributed by atoms with Crippen molar-refractivity contribution in [2.24, 2.45) is 0 Å². The molecule has 16 heavy (non-hydrogen) atoms. The zero-order valence-corrected chi connectivity index (χ0v) is 8.91. The Morgan fingerprint density at radius 1 is 1.25 bits per heavy atom.